The Hall–Kier alpha value is -0.570. The van der Waals surface area contributed by atoms with Crippen LogP contribution in [0.2, 0.25) is 0 Å². The fraction of sp³-hybridized carbons (Fsp3) is 0.857. The largest absolute Gasteiger partial charge is 0.353 e. The van der Waals surface area contributed by atoms with Gasteiger partial charge in [0.05, 0.1) is 6.04 Å². The quantitative estimate of drug-likeness (QED) is 0.564. The maximum Gasteiger partial charge on any atom is 0.237 e. The molecule has 3 heteroatoms. The van der Waals surface area contributed by atoms with E-state index in [0.717, 1.165) is 13.0 Å². The molecule has 0 unspecified atom stereocenters. The van der Waals surface area contributed by atoms with Gasteiger partial charge in [-0.2, -0.15) is 0 Å². The number of carbonyl (C=O) groups is 1. The fourth-order valence-corrected chi connectivity index (χ4v) is 0.898. The van der Waals surface area contributed by atoms with Crippen LogP contribution in [0.3, 0.4) is 0 Å². The molecule has 0 bridgehead atoms. The number of hydrogen-bond donors (Lipinski definition) is 2. The number of hydrogen-bond acceptors (Lipinski definition) is 2. The molecule has 1 fully saturated rings. The van der Waals surface area contributed by atoms with Crippen LogP contribution in [0.25, 0.3) is 0 Å². The summed E-state index contributed by atoms with van der Waals surface area (Å²) >= 11 is 0. The molecule has 2 N–H and O–H groups in total. The van der Waals surface area contributed by atoms with E-state index in [1.807, 2.05) is 13.8 Å². The van der Waals surface area contributed by atoms with Crippen molar-refractivity contribution in [3.8, 4) is 0 Å². The number of rotatable bonds is 2. The summed E-state index contributed by atoms with van der Waals surface area (Å²) in [6, 6.07) is 0.345. The summed E-state index contributed by atoms with van der Waals surface area (Å²) in [7, 11) is 0. The van der Waals surface area contributed by atoms with Crippen molar-refractivity contribution in [1.82, 2.24) is 10.6 Å². The molecule has 1 aliphatic rings. The molecule has 1 saturated heterocycles. The van der Waals surface area contributed by atoms with E-state index in [1.165, 1.54) is 0 Å². The minimum atomic E-state index is 0.0856. The van der Waals surface area contributed by atoms with Crippen LogP contribution < -0.4 is 10.6 Å². The van der Waals surface area contributed by atoms with Crippen molar-refractivity contribution in [1.29, 1.82) is 0 Å². The second-order valence-electron chi connectivity index (χ2n) is 2.96. The lowest BCUT2D eigenvalue weighted by molar-refractivity contribution is -0.125. The van der Waals surface area contributed by atoms with Crippen molar-refractivity contribution in [2.45, 2.75) is 32.4 Å². The molecule has 1 amide bonds. The molecule has 3 nitrogen and oxygen atoms in total. The van der Waals surface area contributed by atoms with Gasteiger partial charge in [0, 0.05) is 6.04 Å². The Balaban J connectivity index is 2.20. The topological polar surface area (TPSA) is 41.1 Å². The molecule has 1 heterocycles. The van der Waals surface area contributed by atoms with Gasteiger partial charge in [0.25, 0.3) is 0 Å². The molecule has 0 aromatic heterocycles. The molecular weight excluding hydrogens is 128 g/mol. The molecule has 0 saturated carbocycles. The lowest BCUT2D eigenvalue weighted by Crippen LogP contribution is -2.54. The van der Waals surface area contributed by atoms with Gasteiger partial charge in [-0.25, -0.2) is 0 Å². The molecule has 1 rings (SSSR count). The maximum atomic E-state index is 11.1. The van der Waals surface area contributed by atoms with Crippen LogP contribution in [0.15, 0.2) is 0 Å². The van der Waals surface area contributed by atoms with E-state index in [2.05, 4.69) is 10.6 Å². The van der Waals surface area contributed by atoms with Crippen LogP contribution in [0.5, 0.6) is 0 Å². The summed E-state index contributed by atoms with van der Waals surface area (Å²) in [6.07, 6.45) is 0.985. The molecule has 10 heavy (non-hydrogen) atoms. The number of carbonyl (C=O) groups excluding carboxylic acids is 1. The molecule has 0 aliphatic carbocycles. The molecule has 1 atom stereocenters. The third kappa shape index (κ3) is 1.70. The van der Waals surface area contributed by atoms with Gasteiger partial charge in [-0.1, -0.05) is 0 Å². The Morgan fingerprint density at radius 2 is 2.30 bits per heavy atom. The third-order valence-corrected chi connectivity index (χ3v) is 1.57. The first-order valence-corrected chi connectivity index (χ1v) is 3.74. The van der Waals surface area contributed by atoms with Crippen molar-refractivity contribution < 1.29 is 4.79 Å². The van der Waals surface area contributed by atoms with Gasteiger partial charge in [0.2, 0.25) is 5.91 Å². The Kier molecular flexibility index (Phi) is 2.27. The summed E-state index contributed by atoms with van der Waals surface area (Å²) in [4.78, 5) is 11.1. The first kappa shape index (κ1) is 7.54. The monoisotopic (exact) mass is 142 g/mol. The van der Waals surface area contributed by atoms with Crippen molar-refractivity contribution >= 4 is 5.91 Å². The highest BCUT2D eigenvalue weighted by atomic mass is 16.2. The van der Waals surface area contributed by atoms with Gasteiger partial charge in [0.15, 0.2) is 0 Å². The van der Waals surface area contributed by atoms with Gasteiger partial charge in [0.1, 0.15) is 0 Å². The van der Waals surface area contributed by atoms with Crippen LogP contribution >= 0.6 is 0 Å². The van der Waals surface area contributed by atoms with E-state index < -0.39 is 0 Å². The van der Waals surface area contributed by atoms with Crippen molar-refractivity contribution in [3.05, 3.63) is 0 Å². The van der Waals surface area contributed by atoms with Crippen molar-refractivity contribution in [2.24, 2.45) is 0 Å². The van der Waals surface area contributed by atoms with Gasteiger partial charge >= 0.3 is 0 Å². The molecule has 0 aromatic carbocycles. The van der Waals surface area contributed by atoms with E-state index in [4.69, 9.17) is 0 Å². The molecule has 0 radical (unpaired) electrons. The highest BCUT2D eigenvalue weighted by molar-refractivity contribution is 5.82. The van der Waals surface area contributed by atoms with Crippen LogP contribution in [-0.2, 0) is 4.79 Å². The smallest absolute Gasteiger partial charge is 0.237 e. The Morgan fingerprint density at radius 3 is 2.60 bits per heavy atom. The fourth-order valence-electron chi connectivity index (χ4n) is 0.898. The highest BCUT2D eigenvalue weighted by Crippen LogP contribution is 2.01. The van der Waals surface area contributed by atoms with E-state index in [0.29, 0.717) is 0 Å². The predicted octanol–water partition coefficient (Wildman–Crippen LogP) is -0.127. The van der Waals surface area contributed by atoms with Gasteiger partial charge < -0.3 is 10.6 Å². The van der Waals surface area contributed by atoms with Gasteiger partial charge in [-0.15, -0.1) is 0 Å². The van der Waals surface area contributed by atoms with Crippen LogP contribution in [-0.4, -0.2) is 24.5 Å². The van der Waals surface area contributed by atoms with Crippen LogP contribution in [0.1, 0.15) is 20.3 Å². The lowest BCUT2D eigenvalue weighted by Gasteiger charge is -2.27. The van der Waals surface area contributed by atoms with Crippen molar-refractivity contribution in [2.75, 3.05) is 6.54 Å². The second-order valence-corrected chi connectivity index (χ2v) is 2.96. The number of amides is 1. The predicted molar refractivity (Wildman–Crippen MR) is 39.7 cm³/mol. The number of nitrogens with one attached hydrogen (secondary N) is 2. The average molecular weight is 142 g/mol. The van der Waals surface area contributed by atoms with E-state index in [9.17, 15) is 4.79 Å². The summed E-state index contributed by atoms with van der Waals surface area (Å²) in [6.45, 7) is 4.92. The van der Waals surface area contributed by atoms with Crippen molar-refractivity contribution in [3.63, 3.8) is 0 Å². The second kappa shape index (κ2) is 3.01. The summed E-state index contributed by atoms with van der Waals surface area (Å²) in [5.41, 5.74) is 0. The third-order valence-electron chi connectivity index (χ3n) is 1.57. The van der Waals surface area contributed by atoms with E-state index in [1.54, 1.807) is 0 Å². The zero-order chi connectivity index (χ0) is 7.56. The van der Waals surface area contributed by atoms with Gasteiger partial charge in [-0.05, 0) is 26.8 Å². The zero-order valence-electron chi connectivity index (χ0n) is 6.48. The summed E-state index contributed by atoms with van der Waals surface area (Å²) in [5, 5.41) is 5.88. The Morgan fingerprint density at radius 1 is 1.70 bits per heavy atom. The average Bonchev–Trinajstić information content (AvgIpc) is 1.55. The Bertz CT molecular complexity index is 130. The Labute approximate surface area is 61.2 Å². The first-order valence-electron chi connectivity index (χ1n) is 3.74. The molecule has 1 aliphatic heterocycles. The van der Waals surface area contributed by atoms with E-state index in [-0.39, 0.29) is 18.0 Å². The van der Waals surface area contributed by atoms with Crippen LogP contribution in [0, 0.1) is 0 Å². The zero-order valence-corrected chi connectivity index (χ0v) is 6.48. The van der Waals surface area contributed by atoms with Gasteiger partial charge in [-0.3, -0.25) is 4.79 Å². The normalized spacial score (nSPS) is 24.1. The maximum absolute atomic E-state index is 11.1. The van der Waals surface area contributed by atoms with Crippen LogP contribution in [0.4, 0.5) is 0 Å². The summed E-state index contributed by atoms with van der Waals surface area (Å²) in [5.74, 6) is 0.140. The molecular formula is C7H14N2O. The molecule has 58 valence electrons. The SMILES string of the molecule is CC(C)NC(=O)[C@H]1CCN1. The lowest BCUT2D eigenvalue weighted by atomic mass is 10.1. The standard InChI is InChI=1S/C7H14N2O/c1-5(2)9-7(10)6-3-4-8-6/h5-6,8H,3-4H2,1-2H3,(H,9,10)/t6-/m1/s1. The summed E-state index contributed by atoms with van der Waals surface area (Å²) < 4.78 is 0. The minimum absolute atomic E-state index is 0.0856. The van der Waals surface area contributed by atoms with E-state index >= 15 is 0 Å². The highest BCUT2D eigenvalue weighted by Gasteiger charge is 2.24. The minimum Gasteiger partial charge on any atom is -0.353 e. The first-order chi connectivity index (χ1) is 4.70. The molecule has 0 aromatic rings. The molecule has 0 spiro atoms.